The van der Waals surface area contributed by atoms with Crippen molar-refractivity contribution in [2.24, 2.45) is 0 Å². The van der Waals surface area contributed by atoms with Gasteiger partial charge in [0.15, 0.2) is 0 Å². The van der Waals surface area contributed by atoms with Gasteiger partial charge in [0.05, 0.1) is 18.9 Å². The van der Waals surface area contributed by atoms with Crippen LogP contribution in [-0.4, -0.2) is 30.3 Å². The molecule has 21 heavy (non-hydrogen) atoms. The zero-order valence-electron chi connectivity index (χ0n) is 12.8. The van der Waals surface area contributed by atoms with Gasteiger partial charge in [-0.25, -0.2) is 4.98 Å². The van der Waals surface area contributed by atoms with E-state index in [2.05, 4.69) is 37.4 Å². The van der Waals surface area contributed by atoms with Crippen LogP contribution in [0.3, 0.4) is 0 Å². The summed E-state index contributed by atoms with van der Waals surface area (Å²) in [4.78, 5) is 4.73. The second kappa shape index (κ2) is 5.62. The van der Waals surface area contributed by atoms with Crippen molar-refractivity contribution in [3.05, 3.63) is 36.0 Å². The first-order valence-electron chi connectivity index (χ1n) is 7.42. The van der Waals surface area contributed by atoms with Crippen LogP contribution in [0.15, 0.2) is 30.3 Å². The van der Waals surface area contributed by atoms with E-state index in [0.717, 1.165) is 41.9 Å². The van der Waals surface area contributed by atoms with E-state index in [1.807, 2.05) is 12.1 Å². The maximum Gasteiger partial charge on any atom is 0.145 e. The third kappa shape index (κ3) is 2.74. The summed E-state index contributed by atoms with van der Waals surface area (Å²) in [6.07, 6.45) is 1.26. The summed E-state index contributed by atoms with van der Waals surface area (Å²) in [5.41, 5.74) is 1.96. The molecule has 2 unspecified atom stereocenters. The summed E-state index contributed by atoms with van der Waals surface area (Å²) in [5.74, 6) is 0.818. The van der Waals surface area contributed by atoms with E-state index >= 15 is 0 Å². The van der Waals surface area contributed by atoms with Crippen molar-refractivity contribution in [1.82, 2.24) is 10.3 Å². The molecular formula is C17H22N2O2. The molecule has 0 radical (unpaired) electrons. The molecule has 1 saturated heterocycles. The fourth-order valence-corrected chi connectivity index (χ4v) is 2.78. The van der Waals surface area contributed by atoms with Crippen LogP contribution in [0, 0.1) is 0 Å². The Morgan fingerprint density at radius 1 is 1.38 bits per heavy atom. The number of para-hydroxylation sites is 1. The number of fused-ring (bicyclic) bond motifs is 1. The minimum Gasteiger partial charge on any atom is -0.494 e. The molecule has 0 aliphatic carbocycles. The summed E-state index contributed by atoms with van der Waals surface area (Å²) in [6, 6.07) is 10.1. The number of rotatable bonds is 4. The molecule has 1 aromatic heterocycles. The first-order chi connectivity index (χ1) is 10.1. The van der Waals surface area contributed by atoms with Gasteiger partial charge in [-0.2, -0.15) is 0 Å². The van der Waals surface area contributed by atoms with Crippen LogP contribution in [0.2, 0.25) is 0 Å². The molecule has 0 spiro atoms. The number of hydrogen-bond donors (Lipinski definition) is 1. The molecular weight excluding hydrogens is 264 g/mol. The number of nitrogens with one attached hydrogen (secondary N) is 1. The number of ether oxygens (including phenoxy) is 2. The van der Waals surface area contributed by atoms with Crippen LogP contribution in [0.4, 0.5) is 0 Å². The standard InChI is InChI=1S/C17H22N2O2/c1-12-17(2,9-10-21-12)18-11-14-8-7-13-5-4-6-15(20-3)16(13)19-14/h4-8,12,18H,9-11H2,1-3H3. The maximum atomic E-state index is 5.66. The Balaban J connectivity index is 1.81. The van der Waals surface area contributed by atoms with Crippen LogP contribution in [-0.2, 0) is 11.3 Å². The molecule has 2 aromatic rings. The molecule has 1 N–H and O–H groups in total. The zero-order valence-corrected chi connectivity index (χ0v) is 12.8. The van der Waals surface area contributed by atoms with Crippen LogP contribution in [0.1, 0.15) is 26.0 Å². The summed E-state index contributed by atoms with van der Waals surface area (Å²) < 4.78 is 11.1. The molecule has 4 nitrogen and oxygen atoms in total. The van der Waals surface area contributed by atoms with E-state index in [4.69, 9.17) is 14.5 Å². The first kappa shape index (κ1) is 14.3. The highest BCUT2D eigenvalue weighted by atomic mass is 16.5. The number of pyridine rings is 1. The lowest BCUT2D eigenvalue weighted by atomic mass is 9.94. The number of aromatic nitrogens is 1. The zero-order chi connectivity index (χ0) is 14.9. The third-order valence-electron chi connectivity index (χ3n) is 4.52. The highest BCUT2D eigenvalue weighted by Crippen LogP contribution is 2.26. The number of methoxy groups -OCH3 is 1. The van der Waals surface area contributed by atoms with E-state index in [-0.39, 0.29) is 11.6 Å². The molecule has 2 atom stereocenters. The van der Waals surface area contributed by atoms with E-state index in [1.165, 1.54) is 0 Å². The summed E-state index contributed by atoms with van der Waals surface area (Å²) in [7, 11) is 1.68. The van der Waals surface area contributed by atoms with Crippen molar-refractivity contribution in [3.8, 4) is 5.75 Å². The number of nitrogens with zero attached hydrogens (tertiary/aromatic N) is 1. The summed E-state index contributed by atoms with van der Waals surface area (Å²) in [5, 5.41) is 4.70. The molecule has 112 valence electrons. The molecule has 4 heteroatoms. The van der Waals surface area contributed by atoms with Gasteiger partial charge < -0.3 is 14.8 Å². The Labute approximate surface area is 125 Å². The molecule has 1 aromatic carbocycles. The van der Waals surface area contributed by atoms with Gasteiger partial charge in [-0.1, -0.05) is 18.2 Å². The number of benzene rings is 1. The minimum absolute atomic E-state index is 0.0252. The predicted molar refractivity (Wildman–Crippen MR) is 83.6 cm³/mol. The lowest BCUT2D eigenvalue weighted by Crippen LogP contribution is -2.47. The summed E-state index contributed by atoms with van der Waals surface area (Å²) >= 11 is 0. The second-order valence-corrected chi connectivity index (χ2v) is 5.87. The Morgan fingerprint density at radius 3 is 2.95 bits per heavy atom. The van der Waals surface area contributed by atoms with Crippen molar-refractivity contribution in [2.45, 2.75) is 38.5 Å². The van der Waals surface area contributed by atoms with Gasteiger partial charge in [-0.3, -0.25) is 0 Å². The molecule has 1 fully saturated rings. The Kier molecular flexibility index (Phi) is 3.83. The van der Waals surface area contributed by atoms with Gasteiger partial charge >= 0.3 is 0 Å². The largest absolute Gasteiger partial charge is 0.494 e. The van der Waals surface area contributed by atoms with Gasteiger partial charge in [0.2, 0.25) is 0 Å². The highest BCUT2D eigenvalue weighted by molar-refractivity contribution is 5.84. The monoisotopic (exact) mass is 286 g/mol. The smallest absolute Gasteiger partial charge is 0.145 e. The Bertz CT molecular complexity index is 644. The lowest BCUT2D eigenvalue weighted by Gasteiger charge is -2.28. The van der Waals surface area contributed by atoms with Gasteiger partial charge in [-0.15, -0.1) is 0 Å². The molecule has 1 aliphatic heterocycles. The summed E-state index contributed by atoms with van der Waals surface area (Å²) in [6.45, 7) is 5.89. The molecule has 0 amide bonds. The van der Waals surface area contributed by atoms with Crippen LogP contribution < -0.4 is 10.1 Å². The predicted octanol–water partition coefficient (Wildman–Crippen LogP) is 2.90. The minimum atomic E-state index is 0.0252. The maximum absolute atomic E-state index is 5.66. The lowest BCUT2D eigenvalue weighted by molar-refractivity contribution is 0.0880. The fourth-order valence-electron chi connectivity index (χ4n) is 2.78. The van der Waals surface area contributed by atoms with Crippen molar-refractivity contribution < 1.29 is 9.47 Å². The average molecular weight is 286 g/mol. The molecule has 2 heterocycles. The first-order valence-corrected chi connectivity index (χ1v) is 7.42. The molecule has 0 saturated carbocycles. The van der Waals surface area contributed by atoms with Crippen molar-refractivity contribution in [2.75, 3.05) is 13.7 Å². The Hall–Kier alpha value is -1.65. The van der Waals surface area contributed by atoms with Crippen LogP contribution in [0.25, 0.3) is 10.9 Å². The normalized spacial score (nSPS) is 25.4. The second-order valence-electron chi connectivity index (χ2n) is 5.87. The van der Waals surface area contributed by atoms with Crippen molar-refractivity contribution >= 4 is 10.9 Å². The van der Waals surface area contributed by atoms with E-state index in [0.29, 0.717) is 0 Å². The van der Waals surface area contributed by atoms with Crippen molar-refractivity contribution in [1.29, 1.82) is 0 Å². The third-order valence-corrected chi connectivity index (χ3v) is 4.52. The highest BCUT2D eigenvalue weighted by Gasteiger charge is 2.36. The Morgan fingerprint density at radius 2 is 2.24 bits per heavy atom. The van der Waals surface area contributed by atoms with Gasteiger partial charge in [0.1, 0.15) is 11.3 Å². The topological polar surface area (TPSA) is 43.4 Å². The molecule has 0 bridgehead atoms. The molecule has 1 aliphatic rings. The van der Waals surface area contributed by atoms with E-state index in [1.54, 1.807) is 7.11 Å². The quantitative estimate of drug-likeness (QED) is 0.938. The van der Waals surface area contributed by atoms with E-state index in [9.17, 15) is 0 Å². The van der Waals surface area contributed by atoms with Crippen LogP contribution in [0.5, 0.6) is 5.75 Å². The van der Waals surface area contributed by atoms with E-state index < -0.39 is 0 Å². The number of hydrogen-bond acceptors (Lipinski definition) is 4. The van der Waals surface area contributed by atoms with Crippen molar-refractivity contribution in [3.63, 3.8) is 0 Å². The average Bonchev–Trinajstić information content (AvgIpc) is 2.84. The van der Waals surface area contributed by atoms with Crippen LogP contribution >= 0.6 is 0 Å². The fraction of sp³-hybridized carbons (Fsp3) is 0.471. The van der Waals surface area contributed by atoms with Gasteiger partial charge in [0.25, 0.3) is 0 Å². The van der Waals surface area contributed by atoms with Gasteiger partial charge in [-0.05, 0) is 32.4 Å². The van der Waals surface area contributed by atoms with Gasteiger partial charge in [0, 0.05) is 24.1 Å². The SMILES string of the molecule is COc1cccc2ccc(CNC3(C)CCOC3C)nc12. The molecule has 3 rings (SSSR count).